The van der Waals surface area contributed by atoms with Gasteiger partial charge in [-0.3, -0.25) is 9.79 Å². The number of hydrogen-bond donors (Lipinski definition) is 1. The Morgan fingerprint density at radius 1 is 1.11 bits per heavy atom. The van der Waals surface area contributed by atoms with Crippen LogP contribution in [0.15, 0.2) is 71.7 Å². The van der Waals surface area contributed by atoms with Gasteiger partial charge in [-0.2, -0.15) is 0 Å². The fourth-order valence-corrected chi connectivity index (χ4v) is 4.47. The van der Waals surface area contributed by atoms with E-state index in [0.717, 1.165) is 12.5 Å². The molecule has 3 aromatic rings. The van der Waals surface area contributed by atoms with Crippen LogP contribution in [0, 0.1) is 5.82 Å². The van der Waals surface area contributed by atoms with Crippen LogP contribution < -0.4 is 9.47 Å². The van der Waals surface area contributed by atoms with Gasteiger partial charge in [-0.25, -0.2) is 9.18 Å². The predicted octanol–water partition coefficient (Wildman–Crippen LogP) is 6.45. The molecular weight excluding hydrogens is 497 g/mol. The molecule has 8 heteroatoms. The van der Waals surface area contributed by atoms with Gasteiger partial charge < -0.3 is 14.6 Å². The van der Waals surface area contributed by atoms with Crippen molar-refractivity contribution in [3.8, 4) is 22.6 Å². The monoisotopic (exact) mass is 521 g/mol. The average molecular weight is 522 g/mol. The molecule has 0 amide bonds. The van der Waals surface area contributed by atoms with E-state index in [1.54, 1.807) is 54.8 Å². The van der Waals surface area contributed by atoms with Crippen LogP contribution in [0.5, 0.6) is 11.5 Å². The van der Waals surface area contributed by atoms with Crippen LogP contribution >= 0.6 is 11.6 Å². The number of rotatable bonds is 10. The van der Waals surface area contributed by atoms with Gasteiger partial charge in [0.25, 0.3) is 0 Å². The van der Waals surface area contributed by atoms with Crippen molar-refractivity contribution in [2.75, 3.05) is 13.7 Å². The largest absolute Gasteiger partial charge is 0.496 e. The van der Waals surface area contributed by atoms with E-state index in [-0.39, 0.29) is 28.4 Å². The molecule has 0 saturated heterocycles. The average Bonchev–Trinajstić information content (AvgIpc) is 3.37. The Labute approximate surface area is 219 Å². The van der Waals surface area contributed by atoms with Gasteiger partial charge in [0.15, 0.2) is 5.78 Å². The topological polar surface area (TPSA) is 85.2 Å². The van der Waals surface area contributed by atoms with Crippen molar-refractivity contribution in [1.82, 2.24) is 0 Å². The summed E-state index contributed by atoms with van der Waals surface area (Å²) in [5, 5.41) is 9.59. The van der Waals surface area contributed by atoms with E-state index in [1.807, 2.05) is 6.92 Å². The molecule has 1 aliphatic rings. The predicted molar refractivity (Wildman–Crippen MR) is 141 cm³/mol. The molecule has 0 aliphatic carbocycles. The molecular formula is C29H25ClFNO5. The van der Waals surface area contributed by atoms with Gasteiger partial charge >= 0.3 is 5.97 Å². The second kappa shape index (κ2) is 11.0. The third kappa shape index (κ3) is 5.42. The summed E-state index contributed by atoms with van der Waals surface area (Å²) in [5.74, 6) is -0.981. The van der Waals surface area contributed by atoms with Crippen molar-refractivity contribution in [2.45, 2.75) is 25.3 Å². The summed E-state index contributed by atoms with van der Waals surface area (Å²) in [4.78, 5) is 29.7. The highest BCUT2D eigenvalue weighted by molar-refractivity contribution is 6.34. The number of carboxylic acid groups (broad SMARTS) is 1. The third-order valence-electron chi connectivity index (χ3n) is 6.08. The first-order valence-corrected chi connectivity index (χ1v) is 12.1. The number of hydrogen-bond acceptors (Lipinski definition) is 5. The zero-order valence-corrected chi connectivity index (χ0v) is 21.1. The van der Waals surface area contributed by atoms with Crippen LogP contribution in [-0.2, 0) is 6.42 Å². The Bertz CT molecular complexity index is 1400. The van der Waals surface area contributed by atoms with Crippen LogP contribution in [0.25, 0.3) is 11.1 Å². The van der Waals surface area contributed by atoms with Crippen LogP contribution in [0.1, 0.15) is 39.6 Å². The maximum Gasteiger partial charge on any atom is 0.335 e. The van der Waals surface area contributed by atoms with E-state index in [9.17, 15) is 19.1 Å². The molecule has 0 saturated carbocycles. The number of methoxy groups -OCH3 is 1. The highest BCUT2D eigenvalue weighted by Crippen LogP contribution is 2.36. The number of benzene rings is 3. The number of ketones is 1. The first-order chi connectivity index (χ1) is 17.8. The standard InChI is InChI=1S/C29H25ClFNO5/c1-3-13-37-21-7-8-22(24(30)16-21)27(33)29(11-4-12-32-29)17-20-14-18(6-10-26(20)36-2)23-15-19(28(34)35)5-9-25(23)31/h4-12,14-16H,3,13,17H2,1-2H3,(H,34,35). The first kappa shape index (κ1) is 26.1. The van der Waals surface area contributed by atoms with E-state index in [1.165, 1.54) is 19.2 Å². The number of carbonyl (C=O) groups excluding carboxylic acids is 1. The number of halogens is 2. The number of Topliss-reactive ketones (excluding diaryl/α,β-unsaturated/α-hetero) is 1. The summed E-state index contributed by atoms with van der Waals surface area (Å²) >= 11 is 6.48. The molecule has 1 unspecified atom stereocenters. The number of allylic oxidation sites excluding steroid dienone is 1. The molecule has 37 heavy (non-hydrogen) atoms. The lowest BCUT2D eigenvalue weighted by molar-refractivity contribution is 0.0696. The molecule has 1 atom stereocenters. The molecule has 1 aliphatic heterocycles. The Balaban J connectivity index is 1.73. The fraction of sp³-hybridized carbons (Fsp3) is 0.207. The molecule has 0 aromatic heterocycles. The molecule has 4 rings (SSSR count). The second-order valence-electron chi connectivity index (χ2n) is 8.58. The summed E-state index contributed by atoms with van der Waals surface area (Å²) in [5.41, 5.74) is 0.134. The van der Waals surface area contributed by atoms with Crippen molar-refractivity contribution < 1.29 is 28.6 Å². The molecule has 0 bridgehead atoms. The van der Waals surface area contributed by atoms with Crippen molar-refractivity contribution in [3.05, 3.63) is 94.3 Å². The normalized spacial score (nSPS) is 16.1. The number of carbonyl (C=O) groups is 2. The van der Waals surface area contributed by atoms with Crippen LogP contribution in [-0.4, -0.2) is 42.3 Å². The van der Waals surface area contributed by atoms with Gasteiger partial charge in [0.1, 0.15) is 22.9 Å². The van der Waals surface area contributed by atoms with Gasteiger partial charge in [0, 0.05) is 23.8 Å². The summed E-state index contributed by atoms with van der Waals surface area (Å²) in [6.07, 6.45) is 5.89. The minimum absolute atomic E-state index is 0.0373. The number of aromatic carboxylic acids is 1. The smallest absolute Gasteiger partial charge is 0.335 e. The number of carboxylic acids is 1. The first-order valence-electron chi connectivity index (χ1n) is 11.7. The molecule has 0 spiro atoms. The highest BCUT2D eigenvalue weighted by Gasteiger charge is 2.39. The lowest BCUT2D eigenvalue weighted by atomic mass is 9.83. The van der Waals surface area contributed by atoms with Crippen molar-refractivity contribution in [2.24, 2.45) is 4.99 Å². The van der Waals surface area contributed by atoms with E-state index < -0.39 is 17.3 Å². The van der Waals surface area contributed by atoms with E-state index in [2.05, 4.69) is 4.99 Å². The fourth-order valence-electron chi connectivity index (χ4n) is 4.22. The lowest BCUT2D eigenvalue weighted by Gasteiger charge is -2.25. The van der Waals surface area contributed by atoms with E-state index in [0.29, 0.717) is 34.8 Å². The highest BCUT2D eigenvalue weighted by atomic mass is 35.5. The molecule has 3 aromatic carbocycles. The summed E-state index contributed by atoms with van der Waals surface area (Å²) < 4.78 is 25.8. The van der Waals surface area contributed by atoms with Gasteiger partial charge in [-0.05, 0) is 78.2 Å². The minimum Gasteiger partial charge on any atom is -0.496 e. The van der Waals surface area contributed by atoms with Crippen molar-refractivity contribution in [1.29, 1.82) is 0 Å². The zero-order valence-electron chi connectivity index (χ0n) is 20.3. The molecule has 1 heterocycles. The van der Waals surface area contributed by atoms with E-state index in [4.69, 9.17) is 21.1 Å². The maximum atomic E-state index is 14.7. The van der Waals surface area contributed by atoms with E-state index >= 15 is 0 Å². The van der Waals surface area contributed by atoms with Gasteiger partial charge in [0.05, 0.1) is 24.3 Å². The number of ether oxygens (including phenoxy) is 2. The Morgan fingerprint density at radius 2 is 1.92 bits per heavy atom. The maximum absolute atomic E-state index is 14.7. The van der Waals surface area contributed by atoms with Crippen LogP contribution in [0.2, 0.25) is 5.02 Å². The summed E-state index contributed by atoms with van der Waals surface area (Å²) in [7, 11) is 1.50. The molecule has 6 nitrogen and oxygen atoms in total. The Hall–Kier alpha value is -3.97. The van der Waals surface area contributed by atoms with Crippen LogP contribution in [0.4, 0.5) is 4.39 Å². The van der Waals surface area contributed by atoms with Gasteiger partial charge in [-0.15, -0.1) is 0 Å². The summed E-state index contributed by atoms with van der Waals surface area (Å²) in [6, 6.07) is 13.5. The van der Waals surface area contributed by atoms with Crippen LogP contribution in [0.3, 0.4) is 0 Å². The number of aliphatic imine (C=N–C) groups is 1. The molecule has 1 N–H and O–H groups in total. The third-order valence-corrected chi connectivity index (χ3v) is 6.39. The van der Waals surface area contributed by atoms with Gasteiger partial charge in [-0.1, -0.05) is 24.6 Å². The summed E-state index contributed by atoms with van der Waals surface area (Å²) in [6.45, 7) is 2.53. The lowest BCUT2D eigenvalue weighted by Crippen LogP contribution is -2.36. The molecule has 0 radical (unpaired) electrons. The SMILES string of the molecule is CCCOc1ccc(C(=O)C2(Cc3cc(-c4cc(C(=O)O)ccc4F)ccc3OC)C=CC=N2)c(Cl)c1. The Kier molecular flexibility index (Phi) is 7.74. The quantitative estimate of drug-likeness (QED) is 0.310. The number of nitrogens with zero attached hydrogens (tertiary/aromatic N) is 1. The van der Waals surface area contributed by atoms with Crippen molar-refractivity contribution in [3.63, 3.8) is 0 Å². The molecule has 0 fully saturated rings. The zero-order chi connectivity index (χ0) is 26.6. The van der Waals surface area contributed by atoms with Crippen molar-refractivity contribution >= 4 is 29.6 Å². The minimum atomic E-state index is -1.29. The molecule has 190 valence electrons. The van der Waals surface area contributed by atoms with Gasteiger partial charge in [0.2, 0.25) is 0 Å². The second-order valence-corrected chi connectivity index (χ2v) is 8.99. The Morgan fingerprint density at radius 3 is 2.57 bits per heavy atom.